The van der Waals surface area contributed by atoms with Crippen molar-refractivity contribution in [1.29, 1.82) is 0 Å². The van der Waals surface area contributed by atoms with E-state index in [1.54, 1.807) is 0 Å². The molecule has 0 radical (unpaired) electrons. The maximum absolute atomic E-state index is 6.57. The number of ether oxygens (including phenoxy) is 1. The maximum Gasteiger partial charge on any atom is 0.144 e. The number of fused-ring (bicyclic) bond motifs is 1. The number of benzene rings is 2. The van der Waals surface area contributed by atoms with Gasteiger partial charge in [-0.3, -0.25) is 5.01 Å². The van der Waals surface area contributed by atoms with Crippen molar-refractivity contribution in [2.75, 3.05) is 18.2 Å². The van der Waals surface area contributed by atoms with E-state index in [0.29, 0.717) is 24.8 Å². The molecule has 0 unspecified atom stereocenters. The second-order valence-electron chi connectivity index (χ2n) is 6.57. The fraction of sp³-hybridized carbons (Fsp3) is 0.316. The summed E-state index contributed by atoms with van der Waals surface area (Å²) in [4.78, 5) is 4.85. The number of hydrogen-bond acceptors (Lipinski definition) is 6. The SMILES string of the molecule is NN1c2ccc(Cl)cc2N=C(NNCc2ccccc2)C12CCOCC2. The van der Waals surface area contributed by atoms with Gasteiger partial charge >= 0.3 is 0 Å². The zero-order chi connectivity index (χ0) is 18.0. The number of aliphatic imine (C=N–C) groups is 1. The summed E-state index contributed by atoms with van der Waals surface area (Å²) in [5.74, 6) is 7.37. The van der Waals surface area contributed by atoms with Crippen LogP contribution in [0.4, 0.5) is 11.4 Å². The lowest BCUT2D eigenvalue weighted by atomic mass is 9.86. The van der Waals surface area contributed by atoms with Gasteiger partial charge in [0.15, 0.2) is 0 Å². The molecule has 0 saturated carbocycles. The lowest BCUT2D eigenvalue weighted by molar-refractivity contribution is 0.0686. The fourth-order valence-electron chi connectivity index (χ4n) is 3.52. The molecule has 1 fully saturated rings. The van der Waals surface area contributed by atoms with Gasteiger partial charge in [-0.2, -0.15) is 0 Å². The van der Waals surface area contributed by atoms with Crippen LogP contribution in [-0.4, -0.2) is 24.6 Å². The zero-order valence-corrected chi connectivity index (χ0v) is 15.2. The molecule has 2 aromatic carbocycles. The van der Waals surface area contributed by atoms with E-state index in [-0.39, 0.29) is 0 Å². The number of nitrogens with two attached hydrogens (primary N) is 1. The van der Waals surface area contributed by atoms with E-state index >= 15 is 0 Å². The van der Waals surface area contributed by atoms with Crippen LogP contribution >= 0.6 is 11.6 Å². The molecule has 2 aromatic rings. The van der Waals surface area contributed by atoms with Gasteiger partial charge in [-0.15, -0.1) is 0 Å². The molecule has 0 amide bonds. The highest BCUT2D eigenvalue weighted by atomic mass is 35.5. The van der Waals surface area contributed by atoms with Crippen LogP contribution in [0.1, 0.15) is 18.4 Å². The van der Waals surface area contributed by atoms with Crippen LogP contribution in [-0.2, 0) is 11.3 Å². The van der Waals surface area contributed by atoms with E-state index in [1.165, 1.54) is 5.56 Å². The Morgan fingerprint density at radius 3 is 2.69 bits per heavy atom. The second-order valence-corrected chi connectivity index (χ2v) is 7.01. The monoisotopic (exact) mass is 371 g/mol. The fourth-order valence-corrected chi connectivity index (χ4v) is 3.68. The van der Waals surface area contributed by atoms with Gasteiger partial charge in [0.25, 0.3) is 0 Å². The second kappa shape index (κ2) is 7.25. The highest BCUT2D eigenvalue weighted by Crippen LogP contribution is 2.41. The number of hydrazine groups is 2. The molecule has 2 heterocycles. The van der Waals surface area contributed by atoms with Crippen molar-refractivity contribution in [1.82, 2.24) is 10.9 Å². The van der Waals surface area contributed by atoms with Crippen molar-refractivity contribution >= 4 is 28.8 Å². The Morgan fingerprint density at radius 1 is 1.15 bits per heavy atom. The summed E-state index contributed by atoms with van der Waals surface area (Å²) in [6.07, 6.45) is 1.54. The number of nitrogens with zero attached hydrogens (tertiary/aromatic N) is 2. The molecule has 6 nitrogen and oxygen atoms in total. The topological polar surface area (TPSA) is 74.9 Å². The molecule has 2 aliphatic heterocycles. The Balaban J connectivity index is 1.61. The molecule has 136 valence electrons. The Morgan fingerprint density at radius 2 is 1.92 bits per heavy atom. The first-order valence-corrected chi connectivity index (χ1v) is 9.11. The first kappa shape index (κ1) is 17.3. The largest absolute Gasteiger partial charge is 0.381 e. The van der Waals surface area contributed by atoms with Crippen LogP contribution in [0.2, 0.25) is 5.02 Å². The van der Waals surface area contributed by atoms with Crippen LogP contribution < -0.4 is 21.7 Å². The van der Waals surface area contributed by atoms with Crippen LogP contribution in [0.15, 0.2) is 53.5 Å². The Bertz CT molecular complexity index is 805. The third kappa shape index (κ3) is 3.17. The van der Waals surface area contributed by atoms with Crippen molar-refractivity contribution in [2.24, 2.45) is 10.8 Å². The minimum atomic E-state index is -0.414. The summed E-state index contributed by atoms with van der Waals surface area (Å²) in [7, 11) is 0. The van der Waals surface area contributed by atoms with E-state index < -0.39 is 5.54 Å². The van der Waals surface area contributed by atoms with E-state index in [1.807, 2.05) is 41.4 Å². The minimum absolute atomic E-state index is 0.414. The van der Waals surface area contributed by atoms with E-state index in [0.717, 1.165) is 30.1 Å². The summed E-state index contributed by atoms with van der Waals surface area (Å²) in [6.45, 7) is 1.98. The normalized spacial score (nSPS) is 18.4. The van der Waals surface area contributed by atoms with Gasteiger partial charge in [0.2, 0.25) is 0 Å². The molecular weight excluding hydrogens is 350 g/mol. The van der Waals surface area contributed by atoms with Crippen LogP contribution in [0.25, 0.3) is 0 Å². The summed E-state index contributed by atoms with van der Waals surface area (Å²) in [6, 6.07) is 15.8. The van der Waals surface area contributed by atoms with Gasteiger partial charge in [-0.25, -0.2) is 16.3 Å². The van der Waals surface area contributed by atoms with Crippen molar-refractivity contribution in [3.05, 3.63) is 59.1 Å². The molecule has 0 bridgehead atoms. The molecule has 4 N–H and O–H groups in total. The number of halogens is 1. The smallest absolute Gasteiger partial charge is 0.144 e. The van der Waals surface area contributed by atoms with Gasteiger partial charge < -0.3 is 10.2 Å². The number of amidine groups is 1. The van der Waals surface area contributed by atoms with Crippen LogP contribution in [0, 0.1) is 0 Å². The van der Waals surface area contributed by atoms with Crippen LogP contribution in [0.5, 0.6) is 0 Å². The highest BCUT2D eigenvalue weighted by Gasteiger charge is 2.46. The molecule has 1 saturated heterocycles. The number of nitrogens with one attached hydrogen (secondary N) is 2. The average Bonchev–Trinajstić information content (AvgIpc) is 2.67. The third-order valence-corrected chi connectivity index (χ3v) is 5.23. The molecule has 26 heavy (non-hydrogen) atoms. The Hall–Kier alpha value is -2.12. The summed E-state index contributed by atoms with van der Waals surface area (Å²) < 4.78 is 5.57. The van der Waals surface area contributed by atoms with Gasteiger partial charge in [-0.1, -0.05) is 41.9 Å². The molecular formula is C19H22ClN5O. The van der Waals surface area contributed by atoms with Crippen LogP contribution in [0.3, 0.4) is 0 Å². The van der Waals surface area contributed by atoms with Crippen molar-refractivity contribution < 1.29 is 4.74 Å². The van der Waals surface area contributed by atoms with Gasteiger partial charge in [-0.05, 0) is 23.8 Å². The van der Waals surface area contributed by atoms with Crippen molar-refractivity contribution in [3.63, 3.8) is 0 Å². The third-order valence-electron chi connectivity index (χ3n) is 4.99. The molecule has 0 aliphatic carbocycles. The molecule has 0 atom stereocenters. The number of hydrogen-bond donors (Lipinski definition) is 3. The minimum Gasteiger partial charge on any atom is -0.381 e. The first-order chi connectivity index (χ1) is 12.7. The van der Waals surface area contributed by atoms with E-state index in [9.17, 15) is 0 Å². The van der Waals surface area contributed by atoms with E-state index in [4.69, 9.17) is 27.2 Å². The summed E-state index contributed by atoms with van der Waals surface area (Å²) in [5, 5.41) is 2.46. The molecule has 0 aromatic heterocycles. The number of anilines is 1. The molecule has 2 aliphatic rings. The van der Waals surface area contributed by atoms with Gasteiger partial charge in [0, 0.05) is 37.6 Å². The summed E-state index contributed by atoms with van der Waals surface area (Å²) >= 11 is 6.15. The predicted octanol–water partition coefficient (Wildman–Crippen LogP) is 2.91. The zero-order valence-electron chi connectivity index (χ0n) is 14.4. The quantitative estimate of drug-likeness (QED) is 0.571. The lowest BCUT2D eigenvalue weighted by Crippen LogP contribution is -2.66. The van der Waals surface area contributed by atoms with Gasteiger partial charge in [0.05, 0.1) is 11.4 Å². The number of rotatable bonds is 3. The van der Waals surface area contributed by atoms with Crippen molar-refractivity contribution in [3.8, 4) is 0 Å². The molecule has 1 spiro atoms. The Kier molecular flexibility index (Phi) is 4.82. The molecule has 7 heteroatoms. The molecule has 4 rings (SSSR count). The summed E-state index contributed by atoms with van der Waals surface area (Å²) in [5.41, 5.74) is 8.99. The van der Waals surface area contributed by atoms with Crippen molar-refractivity contribution in [2.45, 2.75) is 24.9 Å². The standard InChI is InChI=1S/C19H22ClN5O/c20-15-6-7-17-16(12-15)23-18(19(25(17)21)8-10-26-11-9-19)24-22-13-14-4-2-1-3-5-14/h1-7,12,22H,8-11,13,21H2,(H,23,24). The van der Waals surface area contributed by atoms with E-state index in [2.05, 4.69) is 23.0 Å². The lowest BCUT2D eigenvalue weighted by Gasteiger charge is -2.47. The average molecular weight is 372 g/mol. The van der Waals surface area contributed by atoms with Gasteiger partial charge in [0.1, 0.15) is 11.4 Å². The highest BCUT2D eigenvalue weighted by molar-refractivity contribution is 6.31. The maximum atomic E-state index is 6.57. The Labute approximate surface area is 157 Å². The first-order valence-electron chi connectivity index (χ1n) is 8.73. The predicted molar refractivity (Wildman–Crippen MR) is 104 cm³/mol.